The fourth-order valence-electron chi connectivity index (χ4n) is 2.00. The predicted octanol–water partition coefficient (Wildman–Crippen LogP) is 3.76. The van der Waals surface area contributed by atoms with Gasteiger partial charge in [0.05, 0.1) is 29.3 Å². The minimum Gasteiger partial charge on any atom is -0.466 e. The third-order valence-electron chi connectivity index (χ3n) is 3.24. The summed E-state index contributed by atoms with van der Waals surface area (Å²) in [5.74, 6) is -0.725. The average molecular weight is 437 g/mol. The first-order valence-corrected chi connectivity index (χ1v) is 9.31. The van der Waals surface area contributed by atoms with Gasteiger partial charge in [-0.25, -0.2) is 9.97 Å². The monoisotopic (exact) mass is 436 g/mol. The Balaban J connectivity index is 1.80. The normalized spacial score (nSPS) is 11.2. The number of rotatable bonds is 8. The first-order valence-electron chi connectivity index (χ1n) is 8.05. The van der Waals surface area contributed by atoms with Crippen LogP contribution in [0.2, 0.25) is 5.02 Å². The van der Waals surface area contributed by atoms with E-state index in [1.807, 2.05) is 0 Å². The number of halogens is 4. The van der Waals surface area contributed by atoms with Crippen LogP contribution in [0.3, 0.4) is 0 Å². The first kappa shape index (κ1) is 21.9. The molecule has 2 aromatic rings. The summed E-state index contributed by atoms with van der Waals surface area (Å²) < 4.78 is 42.5. The number of esters is 1. The van der Waals surface area contributed by atoms with E-state index in [1.165, 1.54) is 0 Å². The Morgan fingerprint density at radius 2 is 2.11 bits per heavy atom. The Labute approximate surface area is 167 Å². The van der Waals surface area contributed by atoms with Crippen molar-refractivity contribution in [2.45, 2.75) is 25.9 Å². The number of nitrogens with one attached hydrogen (secondary N) is 2. The number of pyridine rings is 1. The first-order chi connectivity index (χ1) is 13.2. The summed E-state index contributed by atoms with van der Waals surface area (Å²) in [4.78, 5) is 31.1. The average Bonchev–Trinajstić information content (AvgIpc) is 3.02. The van der Waals surface area contributed by atoms with Crippen molar-refractivity contribution in [2.75, 3.05) is 23.8 Å². The van der Waals surface area contributed by atoms with E-state index in [2.05, 4.69) is 20.6 Å². The predicted molar refractivity (Wildman–Crippen MR) is 98.4 cm³/mol. The third-order valence-corrected chi connectivity index (χ3v) is 4.34. The maximum Gasteiger partial charge on any atom is 0.417 e. The number of thiazole rings is 1. The second-order valence-electron chi connectivity index (χ2n) is 5.40. The molecule has 28 heavy (non-hydrogen) atoms. The number of anilines is 2. The number of hydrogen-bond acceptors (Lipinski definition) is 7. The molecule has 0 unspecified atom stereocenters. The van der Waals surface area contributed by atoms with Gasteiger partial charge in [0.15, 0.2) is 5.13 Å². The number of aromatic nitrogens is 2. The van der Waals surface area contributed by atoms with Crippen LogP contribution in [0.15, 0.2) is 17.6 Å². The van der Waals surface area contributed by atoms with Crippen LogP contribution in [0, 0.1) is 0 Å². The van der Waals surface area contributed by atoms with Crippen LogP contribution in [0.25, 0.3) is 0 Å². The molecule has 0 atom stereocenters. The highest BCUT2D eigenvalue weighted by atomic mass is 35.5. The fraction of sp³-hybridized carbons (Fsp3) is 0.375. The molecule has 0 bridgehead atoms. The third kappa shape index (κ3) is 6.64. The number of amides is 1. The van der Waals surface area contributed by atoms with Crippen molar-refractivity contribution in [3.05, 3.63) is 33.9 Å². The van der Waals surface area contributed by atoms with Gasteiger partial charge < -0.3 is 15.4 Å². The van der Waals surface area contributed by atoms with Gasteiger partial charge in [-0.05, 0) is 13.0 Å². The van der Waals surface area contributed by atoms with Gasteiger partial charge in [0.1, 0.15) is 5.82 Å². The van der Waals surface area contributed by atoms with E-state index in [0.717, 1.165) is 17.4 Å². The number of ether oxygens (including phenoxy) is 1. The Morgan fingerprint density at radius 3 is 2.75 bits per heavy atom. The summed E-state index contributed by atoms with van der Waals surface area (Å²) in [5, 5.41) is 7.04. The van der Waals surface area contributed by atoms with Gasteiger partial charge in [-0.15, -0.1) is 11.3 Å². The maximum atomic E-state index is 12.6. The summed E-state index contributed by atoms with van der Waals surface area (Å²) >= 11 is 6.94. The zero-order valence-electron chi connectivity index (χ0n) is 14.6. The van der Waals surface area contributed by atoms with E-state index in [0.29, 0.717) is 17.0 Å². The van der Waals surface area contributed by atoms with Gasteiger partial charge in [0.2, 0.25) is 5.91 Å². The number of carbonyl (C=O) groups excluding carboxylic acids is 2. The lowest BCUT2D eigenvalue weighted by Crippen LogP contribution is -2.17. The lowest BCUT2D eigenvalue weighted by Gasteiger charge is -2.10. The van der Waals surface area contributed by atoms with Gasteiger partial charge in [0, 0.05) is 24.5 Å². The van der Waals surface area contributed by atoms with Gasteiger partial charge in [-0.2, -0.15) is 13.2 Å². The quantitative estimate of drug-likeness (QED) is 0.612. The summed E-state index contributed by atoms with van der Waals surface area (Å²) in [6.07, 6.45) is -3.85. The Bertz CT molecular complexity index is 845. The molecule has 0 saturated carbocycles. The number of alkyl halides is 3. The topological polar surface area (TPSA) is 93.2 Å². The van der Waals surface area contributed by atoms with Crippen LogP contribution in [-0.2, 0) is 26.9 Å². The molecule has 0 aromatic carbocycles. The fourth-order valence-corrected chi connectivity index (χ4v) is 2.96. The molecule has 0 saturated heterocycles. The van der Waals surface area contributed by atoms with Gasteiger partial charge in [-0.3, -0.25) is 9.59 Å². The molecular weight excluding hydrogens is 421 g/mol. The molecule has 7 nitrogen and oxygen atoms in total. The molecule has 0 aliphatic rings. The highest BCUT2D eigenvalue weighted by molar-refractivity contribution is 7.13. The molecule has 0 aliphatic carbocycles. The van der Waals surface area contributed by atoms with Crippen LogP contribution in [0.1, 0.15) is 24.6 Å². The Hall–Kier alpha value is -2.40. The number of nitrogens with zero attached hydrogens (tertiary/aromatic N) is 2. The number of carbonyl (C=O) groups is 2. The summed E-state index contributed by atoms with van der Waals surface area (Å²) in [7, 11) is 0. The van der Waals surface area contributed by atoms with Crippen molar-refractivity contribution in [2.24, 2.45) is 0 Å². The van der Waals surface area contributed by atoms with E-state index in [-0.39, 0.29) is 42.7 Å². The molecule has 2 rings (SSSR count). The standard InChI is InChI=1S/C16H16ClF3N4O3S/c1-2-27-13(26)6-10-8-28-15(23-10)24-12(25)3-4-21-14-11(17)5-9(7-22-14)16(18,19)20/h5,7-8H,2-4,6H2,1H3,(H,21,22)(H,23,24,25). The van der Waals surface area contributed by atoms with Crippen molar-refractivity contribution in [1.29, 1.82) is 0 Å². The van der Waals surface area contributed by atoms with Crippen LogP contribution < -0.4 is 10.6 Å². The zero-order chi connectivity index (χ0) is 20.7. The minimum atomic E-state index is -4.53. The van der Waals surface area contributed by atoms with Crippen LogP contribution in [0.5, 0.6) is 0 Å². The van der Waals surface area contributed by atoms with Crippen molar-refractivity contribution in [3.8, 4) is 0 Å². The number of hydrogen-bond donors (Lipinski definition) is 2. The molecule has 2 N–H and O–H groups in total. The lowest BCUT2D eigenvalue weighted by atomic mass is 10.2. The van der Waals surface area contributed by atoms with Crippen LogP contribution >= 0.6 is 22.9 Å². The van der Waals surface area contributed by atoms with Crippen molar-refractivity contribution in [3.63, 3.8) is 0 Å². The molecule has 0 radical (unpaired) electrons. The highest BCUT2D eigenvalue weighted by Crippen LogP contribution is 2.32. The zero-order valence-corrected chi connectivity index (χ0v) is 16.2. The molecule has 0 spiro atoms. The largest absolute Gasteiger partial charge is 0.466 e. The summed E-state index contributed by atoms with van der Waals surface area (Å²) in [6, 6.07) is 0.762. The molecule has 0 fully saturated rings. The van der Waals surface area contributed by atoms with Crippen molar-refractivity contribution >= 4 is 45.8 Å². The molecule has 152 valence electrons. The molecule has 2 heterocycles. The van der Waals surface area contributed by atoms with Gasteiger partial charge in [0.25, 0.3) is 0 Å². The van der Waals surface area contributed by atoms with Crippen molar-refractivity contribution < 1.29 is 27.5 Å². The van der Waals surface area contributed by atoms with Crippen LogP contribution in [0.4, 0.5) is 24.1 Å². The summed E-state index contributed by atoms with van der Waals surface area (Å²) in [5.41, 5.74) is -0.471. The Kier molecular flexibility index (Phi) is 7.58. The molecule has 12 heteroatoms. The highest BCUT2D eigenvalue weighted by Gasteiger charge is 2.31. The van der Waals surface area contributed by atoms with E-state index in [9.17, 15) is 22.8 Å². The molecular formula is C16H16ClF3N4O3S. The maximum absolute atomic E-state index is 12.6. The van der Waals surface area contributed by atoms with E-state index >= 15 is 0 Å². The lowest BCUT2D eigenvalue weighted by molar-refractivity contribution is -0.142. The second-order valence-corrected chi connectivity index (χ2v) is 6.67. The van der Waals surface area contributed by atoms with E-state index in [1.54, 1.807) is 12.3 Å². The van der Waals surface area contributed by atoms with Gasteiger partial charge in [-0.1, -0.05) is 11.6 Å². The molecule has 0 aliphatic heterocycles. The second kappa shape index (κ2) is 9.69. The summed E-state index contributed by atoms with van der Waals surface area (Å²) in [6.45, 7) is 2.08. The minimum absolute atomic E-state index is 0.00577. The van der Waals surface area contributed by atoms with E-state index < -0.39 is 17.7 Å². The van der Waals surface area contributed by atoms with Gasteiger partial charge >= 0.3 is 12.1 Å². The molecule has 1 amide bonds. The Morgan fingerprint density at radius 1 is 1.36 bits per heavy atom. The smallest absolute Gasteiger partial charge is 0.417 e. The van der Waals surface area contributed by atoms with Crippen molar-refractivity contribution in [1.82, 2.24) is 9.97 Å². The molecule has 2 aromatic heterocycles. The van der Waals surface area contributed by atoms with Crippen LogP contribution in [-0.4, -0.2) is 35.0 Å². The van der Waals surface area contributed by atoms with E-state index in [4.69, 9.17) is 16.3 Å². The SMILES string of the molecule is CCOC(=O)Cc1csc(NC(=O)CCNc2ncc(C(F)(F)F)cc2Cl)n1.